The van der Waals surface area contributed by atoms with Gasteiger partial charge in [0.1, 0.15) is 6.34 Å². The molecule has 0 unspecified atom stereocenters. The molecule has 0 fully saturated rings. The molecule has 0 aliphatic heterocycles. The summed E-state index contributed by atoms with van der Waals surface area (Å²) in [4.78, 5) is 8.08. The fourth-order valence-corrected chi connectivity index (χ4v) is 2.28. The number of nitrogens with zero attached hydrogens (tertiary/aromatic N) is 3. The van der Waals surface area contributed by atoms with Gasteiger partial charge in [0.15, 0.2) is 3.95 Å². The van der Waals surface area contributed by atoms with Crippen LogP contribution < -0.4 is 0 Å². The molecule has 3 nitrogen and oxygen atoms in total. The van der Waals surface area contributed by atoms with Gasteiger partial charge in [-0.05, 0) is 32.9 Å². The first-order valence-corrected chi connectivity index (χ1v) is 6.11. The quantitative estimate of drug-likeness (QED) is 0.210. The van der Waals surface area contributed by atoms with E-state index in [-0.39, 0.29) is 0 Å². The van der Waals surface area contributed by atoms with Crippen LogP contribution in [0.1, 0.15) is 0 Å². The van der Waals surface area contributed by atoms with Crippen molar-refractivity contribution in [1.82, 2.24) is 8.10 Å². The molecule has 0 saturated carbocycles. The average molecular weight is 317 g/mol. The van der Waals surface area contributed by atoms with E-state index in [9.17, 15) is 0 Å². The highest BCUT2D eigenvalue weighted by molar-refractivity contribution is 14.1. The molecule has 1 heterocycles. The predicted molar refractivity (Wildman–Crippen MR) is 60.8 cm³/mol. The van der Waals surface area contributed by atoms with E-state index in [0.29, 0.717) is 3.95 Å². The van der Waals surface area contributed by atoms with E-state index in [1.807, 2.05) is 10.2 Å². The van der Waals surface area contributed by atoms with Crippen LogP contribution in [0.25, 0.3) is 0 Å². The van der Waals surface area contributed by atoms with E-state index in [1.165, 1.54) is 20.7 Å². The zero-order chi connectivity index (χ0) is 8.27. The van der Waals surface area contributed by atoms with Crippen molar-refractivity contribution in [3.63, 3.8) is 0 Å². The molecule has 1 aromatic heterocycles. The minimum absolute atomic E-state index is 0.651. The zero-order valence-electron chi connectivity index (χ0n) is 5.52. The third kappa shape index (κ3) is 3.54. The van der Waals surface area contributed by atoms with Gasteiger partial charge >= 0.3 is 0 Å². The Labute approximate surface area is 90.7 Å². The molecular weight excluding hydrogens is 313 g/mol. The minimum Gasteiger partial charge on any atom is -0.308 e. The Balaban J connectivity index is 2.72. The normalized spacial score (nSPS) is 10.7. The van der Waals surface area contributed by atoms with Crippen molar-refractivity contribution in [3.8, 4) is 0 Å². The van der Waals surface area contributed by atoms with Gasteiger partial charge in [-0.2, -0.15) is 4.98 Å². The maximum Gasteiger partial charge on any atom is 0.222 e. The smallest absolute Gasteiger partial charge is 0.222 e. The summed E-state index contributed by atoms with van der Waals surface area (Å²) < 4.78 is 2.48. The number of rotatable bonds is 2. The summed E-state index contributed by atoms with van der Waals surface area (Å²) in [5.41, 5.74) is 0. The van der Waals surface area contributed by atoms with E-state index in [4.69, 9.17) is 12.2 Å². The highest BCUT2D eigenvalue weighted by Gasteiger charge is 1.92. The van der Waals surface area contributed by atoms with Gasteiger partial charge in [-0.3, -0.25) is 0 Å². The van der Waals surface area contributed by atoms with Crippen molar-refractivity contribution in [2.24, 2.45) is 4.99 Å². The van der Waals surface area contributed by atoms with E-state index < -0.39 is 0 Å². The highest BCUT2D eigenvalue weighted by Crippen LogP contribution is 2.21. The summed E-state index contributed by atoms with van der Waals surface area (Å²) in [7, 11) is 4.86. The maximum absolute atomic E-state index is 4.84. The van der Waals surface area contributed by atoms with Crippen LogP contribution in [0.15, 0.2) is 4.99 Å². The van der Waals surface area contributed by atoms with Gasteiger partial charge in [0, 0.05) is 7.05 Å². The topological polar surface area (TPSA) is 28.5 Å². The molecule has 0 radical (unpaired) electrons. The van der Waals surface area contributed by atoms with Gasteiger partial charge in [-0.25, -0.2) is 4.99 Å². The Morgan fingerprint density at radius 1 is 1.73 bits per heavy atom. The summed E-state index contributed by atoms with van der Waals surface area (Å²) in [6.07, 6.45) is 1.70. The average Bonchev–Trinajstić information content (AvgIpc) is 2.31. The number of hydrogen-bond donors (Lipinski definition) is 0. The molecule has 0 atom stereocenters. The van der Waals surface area contributed by atoms with Crippen molar-refractivity contribution in [1.29, 1.82) is 0 Å². The van der Waals surface area contributed by atoms with Crippen LogP contribution >= 0.6 is 55.8 Å². The van der Waals surface area contributed by atoms with Gasteiger partial charge in [-0.1, -0.05) is 0 Å². The van der Waals surface area contributed by atoms with Crippen LogP contribution in [-0.2, 0) is 0 Å². The summed E-state index contributed by atoms with van der Waals surface area (Å²) in [5, 5.41) is 0.725. The van der Waals surface area contributed by atoms with Crippen molar-refractivity contribution in [2.45, 2.75) is 0 Å². The Kier molecular flexibility index (Phi) is 3.82. The number of halogens is 1. The first kappa shape index (κ1) is 9.49. The van der Waals surface area contributed by atoms with Crippen LogP contribution in [0.3, 0.4) is 0 Å². The summed E-state index contributed by atoms with van der Waals surface area (Å²) in [5.74, 6) is 0. The second kappa shape index (κ2) is 4.43. The molecule has 11 heavy (non-hydrogen) atoms. The lowest BCUT2D eigenvalue weighted by Gasteiger charge is -1.95. The van der Waals surface area contributed by atoms with Crippen LogP contribution in [-0.4, -0.2) is 21.5 Å². The molecule has 0 aliphatic carbocycles. The number of aromatic nitrogens is 1. The standard InChI is InChI=1S/C4H4IN3S3/c1-8(5)2-6-3-7-4(9)11-10-3/h2H,1H3/b6-2+. The molecule has 1 rings (SSSR count). The van der Waals surface area contributed by atoms with Crippen LogP contribution in [0.5, 0.6) is 0 Å². The van der Waals surface area contributed by atoms with Crippen LogP contribution in [0, 0.1) is 3.95 Å². The summed E-state index contributed by atoms with van der Waals surface area (Å²) in [6.45, 7) is 0. The molecule has 1 aromatic rings. The minimum atomic E-state index is 0.651. The van der Waals surface area contributed by atoms with Crippen LogP contribution in [0.4, 0.5) is 5.13 Å². The van der Waals surface area contributed by atoms with Crippen LogP contribution in [0.2, 0.25) is 0 Å². The van der Waals surface area contributed by atoms with Gasteiger partial charge < -0.3 is 3.11 Å². The summed E-state index contributed by atoms with van der Waals surface area (Å²) >= 11 is 6.96. The van der Waals surface area contributed by atoms with E-state index >= 15 is 0 Å². The van der Waals surface area contributed by atoms with Gasteiger partial charge in [0.05, 0.1) is 22.9 Å². The zero-order valence-corrected chi connectivity index (χ0v) is 10.1. The number of hydrogen-bond acceptors (Lipinski definition) is 5. The van der Waals surface area contributed by atoms with E-state index in [2.05, 4.69) is 32.8 Å². The molecule has 60 valence electrons. The van der Waals surface area contributed by atoms with E-state index in [0.717, 1.165) is 5.13 Å². The SMILES string of the molecule is CN(I)/C=N/c1nc(=S)ss1. The lowest BCUT2D eigenvalue weighted by atomic mass is 11.1. The Morgan fingerprint density at radius 3 is 2.91 bits per heavy atom. The first-order valence-electron chi connectivity index (χ1n) is 2.58. The van der Waals surface area contributed by atoms with Gasteiger partial charge in [0.25, 0.3) is 0 Å². The van der Waals surface area contributed by atoms with Gasteiger partial charge in [-0.15, -0.1) is 0 Å². The third-order valence-corrected chi connectivity index (χ3v) is 3.44. The Morgan fingerprint density at radius 2 is 2.45 bits per heavy atom. The molecule has 7 heteroatoms. The monoisotopic (exact) mass is 317 g/mol. The molecule has 0 N–H and O–H groups in total. The third-order valence-electron chi connectivity index (χ3n) is 0.702. The Bertz CT molecular complexity index is 302. The largest absolute Gasteiger partial charge is 0.308 e. The van der Waals surface area contributed by atoms with Gasteiger partial charge in [0.2, 0.25) is 5.13 Å². The van der Waals surface area contributed by atoms with Crippen molar-refractivity contribution >= 4 is 67.2 Å². The number of aliphatic imine (C=N–C) groups is 1. The first-order chi connectivity index (χ1) is 5.18. The second-order valence-electron chi connectivity index (χ2n) is 1.60. The molecule has 0 aliphatic rings. The lowest BCUT2D eigenvalue weighted by molar-refractivity contribution is 0.935. The van der Waals surface area contributed by atoms with Crippen molar-refractivity contribution in [3.05, 3.63) is 3.95 Å². The molecular formula is C4H4IN3S3. The van der Waals surface area contributed by atoms with E-state index in [1.54, 1.807) is 6.34 Å². The predicted octanol–water partition coefficient (Wildman–Crippen LogP) is 2.88. The van der Waals surface area contributed by atoms with Crippen molar-refractivity contribution in [2.75, 3.05) is 7.05 Å². The molecule has 0 saturated heterocycles. The second-order valence-corrected chi connectivity index (χ2v) is 5.85. The Hall–Kier alpha value is 0.400. The molecule has 0 spiro atoms. The highest BCUT2D eigenvalue weighted by atomic mass is 127. The summed E-state index contributed by atoms with van der Waals surface area (Å²) in [6, 6.07) is 0. The fraction of sp³-hybridized carbons (Fsp3) is 0.250. The van der Waals surface area contributed by atoms with Crippen molar-refractivity contribution < 1.29 is 0 Å². The maximum atomic E-state index is 4.84. The lowest BCUT2D eigenvalue weighted by Crippen LogP contribution is -1.97. The fourth-order valence-electron chi connectivity index (χ4n) is 0.368. The molecule has 0 bridgehead atoms. The molecule has 0 amide bonds. The molecule has 0 aromatic carbocycles.